The van der Waals surface area contributed by atoms with Crippen molar-refractivity contribution in [3.63, 3.8) is 0 Å². The molecular formula is C9H19N3O. The lowest BCUT2D eigenvalue weighted by atomic mass is 9.90. The van der Waals surface area contributed by atoms with Crippen LogP contribution in [-0.2, 0) is 0 Å². The monoisotopic (exact) mass is 185 g/mol. The van der Waals surface area contributed by atoms with E-state index in [1.165, 1.54) is 0 Å². The maximum absolute atomic E-state index is 10.4. The normalized spacial score (nSPS) is 16.5. The van der Waals surface area contributed by atoms with Gasteiger partial charge in [-0.1, -0.05) is 27.2 Å². The molecule has 4 heteroatoms. The van der Waals surface area contributed by atoms with Crippen molar-refractivity contribution in [1.29, 1.82) is 0 Å². The van der Waals surface area contributed by atoms with Crippen molar-refractivity contribution >= 4 is 11.7 Å². The third-order valence-electron chi connectivity index (χ3n) is 2.50. The highest BCUT2D eigenvalue weighted by molar-refractivity contribution is 5.85. The molecule has 0 bridgehead atoms. The molecule has 0 spiro atoms. The van der Waals surface area contributed by atoms with Crippen LogP contribution in [0.5, 0.6) is 0 Å². The van der Waals surface area contributed by atoms with E-state index in [1.807, 2.05) is 6.92 Å². The van der Waals surface area contributed by atoms with E-state index in [4.69, 9.17) is 5.73 Å². The minimum Gasteiger partial charge on any atom is -0.350 e. The second-order valence-corrected chi connectivity index (χ2v) is 3.40. The fourth-order valence-electron chi connectivity index (χ4n) is 1.01. The van der Waals surface area contributed by atoms with Gasteiger partial charge in [0, 0.05) is 5.71 Å². The number of nitrogens with zero attached hydrogens (tertiary/aromatic N) is 1. The van der Waals surface area contributed by atoms with Gasteiger partial charge in [0.2, 0.25) is 0 Å². The molecule has 0 rings (SSSR count). The second-order valence-electron chi connectivity index (χ2n) is 3.40. The van der Waals surface area contributed by atoms with Gasteiger partial charge >= 0.3 is 6.03 Å². The topological polar surface area (TPSA) is 67.5 Å². The van der Waals surface area contributed by atoms with Crippen LogP contribution in [-0.4, -0.2) is 11.7 Å². The molecule has 4 nitrogen and oxygen atoms in total. The molecule has 0 aromatic rings. The van der Waals surface area contributed by atoms with Gasteiger partial charge in [0.15, 0.2) is 0 Å². The molecule has 2 amide bonds. The Kier molecular flexibility index (Phi) is 5.11. The van der Waals surface area contributed by atoms with Crippen LogP contribution in [0.25, 0.3) is 0 Å². The summed E-state index contributed by atoms with van der Waals surface area (Å²) in [7, 11) is 0. The molecule has 0 aliphatic rings. The van der Waals surface area contributed by atoms with E-state index < -0.39 is 6.03 Å². The summed E-state index contributed by atoms with van der Waals surface area (Å²) in [6.45, 7) is 8.28. The van der Waals surface area contributed by atoms with Crippen LogP contribution in [0.3, 0.4) is 0 Å². The van der Waals surface area contributed by atoms with Crippen molar-refractivity contribution in [2.75, 3.05) is 0 Å². The van der Waals surface area contributed by atoms with Crippen LogP contribution in [0.2, 0.25) is 0 Å². The van der Waals surface area contributed by atoms with E-state index >= 15 is 0 Å². The summed E-state index contributed by atoms with van der Waals surface area (Å²) < 4.78 is 0. The number of hydrazone groups is 1. The van der Waals surface area contributed by atoms with Crippen LogP contribution < -0.4 is 11.2 Å². The molecule has 0 saturated carbocycles. The molecule has 0 aromatic heterocycles. The Bertz CT molecular complexity index is 201. The van der Waals surface area contributed by atoms with E-state index in [0.717, 1.165) is 12.1 Å². The summed E-state index contributed by atoms with van der Waals surface area (Å²) >= 11 is 0. The van der Waals surface area contributed by atoms with Crippen LogP contribution in [0.15, 0.2) is 5.10 Å². The van der Waals surface area contributed by atoms with Gasteiger partial charge in [-0.2, -0.15) is 5.10 Å². The number of nitrogens with two attached hydrogens (primary N) is 1. The summed E-state index contributed by atoms with van der Waals surface area (Å²) in [6.07, 6.45) is 1.10. The zero-order valence-electron chi connectivity index (χ0n) is 8.79. The van der Waals surface area contributed by atoms with E-state index in [1.54, 1.807) is 0 Å². The molecule has 0 heterocycles. The highest BCUT2D eigenvalue weighted by Crippen LogP contribution is 2.15. The molecule has 0 aliphatic carbocycles. The number of primary amides is 1. The molecule has 3 N–H and O–H groups in total. The van der Waals surface area contributed by atoms with Crippen molar-refractivity contribution in [2.45, 2.75) is 34.1 Å². The van der Waals surface area contributed by atoms with Crippen LogP contribution in [0, 0.1) is 11.8 Å². The van der Waals surface area contributed by atoms with Gasteiger partial charge in [-0.25, -0.2) is 10.2 Å². The van der Waals surface area contributed by atoms with E-state index in [9.17, 15) is 4.79 Å². The smallest absolute Gasteiger partial charge is 0.332 e. The molecule has 2 atom stereocenters. The molecular weight excluding hydrogens is 166 g/mol. The minimum absolute atomic E-state index is 0.372. The summed E-state index contributed by atoms with van der Waals surface area (Å²) in [4.78, 5) is 10.4. The summed E-state index contributed by atoms with van der Waals surface area (Å²) in [5.74, 6) is 0.940. The predicted molar refractivity (Wildman–Crippen MR) is 54.4 cm³/mol. The second kappa shape index (κ2) is 5.56. The average Bonchev–Trinajstić information content (AvgIpc) is 2.11. The van der Waals surface area contributed by atoms with Gasteiger partial charge in [-0.15, -0.1) is 0 Å². The lowest BCUT2D eigenvalue weighted by Gasteiger charge is -2.17. The van der Waals surface area contributed by atoms with Gasteiger partial charge in [0.25, 0.3) is 0 Å². The molecule has 0 fully saturated rings. The van der Waals surface area contributed by atoms with E-state index in [0.29, 0.717) is 11.8 Å². The largest absolute Gasteiger partial charge is 0.350 e. The van der Waals surface area contributed by atoms with Gasteiger partial charge in [-0.3, -0.25) is 0 Å². The average molecular weight is 185 g/mol. The fraction of sp³-hybridized carbons (Fsp3) is 0.778. The van der Waals surface area contributed by atoms with Gasteiger partial charge < -0.3 is 5.73 Å². The molecule has 76 valence electrons. The first-order chi connectivity index (χ1) is 5.99. The Hall–Kier alpha value is -1.06. The zero-order chi connectivity index (χ0) is 10.4. The number of amides is 2. The van der Waals surface area contributed by atoms with Crippen molar-refractivity contribution < 1.29 is 4.79 Å². The maximum Gasteiger partial charge on any atom is 0.332 e. The highest BCUT2D eigenvalue weighted by Gasteiger charge is 2.13. The van der Waals surface area contributed by atoms with Gasteiger partial charge in [-0.05, 0) is 18.8 Å². The number of hydrogen-bond donors (Lipinski definition) is 2. The highest BCUT2D eigenvalue weighted by atomic mass is 16.2. The van der Waals surface area contributed by atoms with E-state index in [-0.39, 0.29) is 0 Å². The quantitative estimate of drug-likeness (QED) is 0.508. The SMILES string of the molecule is CC[C@@H](C)[C@@H](C)/C(C)=N/NC(N)=O. The fourth-order valence-corrected chi connectivity index (χ4v) is 1.01. The molecule has 0 saturated heterocycles. The Morgan fingerprint density at radius 3 is 2.46 bits per heavy atom. The first-order valence-corrected chi connectivity index (χ1v) is 4.58. The molecule has 0 unspecified atom stereocenters. The number of urea groups is 1. The number of nitrogens with one attached hydrogen (secondary N) is 1. The standard InChI is InChI=1S/C9H19N3O/c1-5-6(2)7(3)8(4)11-12-9(10)13/h6-7H,5H2,1-4H3,(H3,10,12,13)/b11-8+/t6-,7-/m1/s1. The van der Waals surface area contributed by atoms with Crippen LogP contribution in [0.1, 0.15) is 34.1 Å². The number of carbonyl (C=O) groups is 1. The predicted octanol–water partition coefficient (Wildman–Crippen LogP) is 1.71. The van der Waals surface area contributed by atoms with Crippen LogP contribution >= 0.6 is 0 Å². The molecule has 13 heavy (non-hydrogen) atoms. The van der Waals surface area contributed by atoms with Crippen molar-refractivity contribution in [1.82, 2.24) is 5.43 Å². The van der Waals surface area contributed by atoms with E-state index in [2.05, 4.69) is 31.3 Å². The number of hydrogen-bond acceptors (Lipinski definition) is 2. The van der Waals surface area contributed by atoms with Crippen LogP contribution in [0.4, 0.5) is 4.79 Å². The number of rotatable bonds is 4. The molecule has 0 aliphatic heterocycles. The Balaban J connectivity index is 4.15. The zero-order valence-corrected chi connectivity index (χ0v) is 8.79. The van der Waals surface area contributed by atoms with Crippen molar-refractivity contribution in [2.24, 2.45) is 22.7 Å². The third kappa shape index (κ3) is 4.50. The lowest BCUT2D eigenvalue weighted by molar-refractivity contribution is 0.249. The summed E-state index contributed by atoms with van der Waals surface area (Å²) in [5, 5.41) is 3.88. The van der Waals surface area contributed by atoms with Crippen molar-refractivity contribution in [3.05, 3.63) is 0 Å². The van der Waals surface area contributed by atoms with Crippen molar-refractivity contribution in [3.8, 4) is 0 Å². The lowest BCUT2D eigenvalue weighted by Crippen LogP contribution is -2.27. The molecule has 0 radical (unpaired) electrons. The maximum atomic E-state index is 10.4. The summed E-state index contributed by atoms with van der Waals surface area (Å²) in [5.41, 5.74) is 8.03. The minimum atomic E-state index is -0.615. The molecule has 0 aromatic carbocycles. The van der Waals surface area contributed by atoms with Gasteiger partial charge in [0.1, 0.15) is 0 Å². The third-order valence-corrected chi connectivity index (χ3v) is 2.50. The summed E-state index contributed by atoms with van der Waals surface area (Å²) in [6, 6.07) is -0.615. The Morgan fingerprint density at radius 1 is 1.54 bits per heavy atom. The van der Waals surface area contributed by atoms with Gasteiger partial charge in [0.05, 0.1) is 0 Å². The Labute approximate surface area is 79.6 Å². The Morgan fingerprint density at radius 2 is 2.08 bits per heavy atom. The number of carbonyl (C=O) groups excluding carboxylic acids is 1. The first-order valence-electron chi connectivity index (χ1n) is 4.58. The first kappa shape index (κ1) is 11.9.